The third-order valence-corrected chi connectivity index (χ3v) is 13.8. The Balaban J connectivity index is 0.811. The zero-order valence-electron chi connectivity index (χ0n) is 42.6. The number of β-amino-alcohol motifs (C(OH)–C–C–N with tert-alkyl or cyclic N) is 1. The Morgan fingerprint density at radius 3 is 2.08 bits per heavy atom. The van der Waals surface area contributed by atoms with Gasteiger partial charge in [0.25, 0.3) is 0 Å². The number of carbonyl (C=O) groups is 4. The van der Waals surface area contributed by atoms with Crippen molar-refractivity contribution in [2.75, 3.05) is 40.0 Å². The van der Waals surface area contributed by atoms with Crippen molar-refractivity contribution in [3.63, 3.8) is 0 Å². The molecular formula is C59H67N5O8S. The number of ether oxygens (including phenoxy) is 3. The molecule has 0 saturated carbocycles. The molecule has 1 saturated heterocycles. The summed E-state index contributed by atoms with van der Waals surface area (Å²) in [7, 11) is 1.68. The Kier molecular flexibility index (Phi) is 18.7. The highest BCUT2D eigenvalue weighted by molar-refractivity contribution is 7.13. The second-order valence-electron chi connectivity index (χ2n) is 19.4. The van der Waals surface area contributed by atoms with Crippen molar-refractivity contribution in [3.05, 3.63) is 178 Å². The van der Waals surface area contributed by atoms with Crippen molar-refractivity contribution in [1.82, 2.24) is 25.4 Å². The number of aryl methyl sites for hydroxylation is 1. The first kappa shape index (κ1) is 53.7. The molecule has 1 aliphatic rings. The summed E-state index contributed by atoms with van der Waals surface area (Å²) in [6, 6.07) is 42.6. The molecule has 1 fully saturated rings. The van der Waals surface area contributed by atoms with E-state index in [4.69, 9.17) is 14.2 Å². The lowest BCUT2D eigenvalue weighted by Crippen LogP contribution is -2.58. The van der Waals surface area contributed by atoms with Gasteiger partial charge in [-0.25, -0.2) is 9.78 Å². The highest BCUT2D eigenvalue weighted by Gasteiger charge is 2.44. The van der Waals surface area contributed by atoms with Gasteiger partial charge in [-0.05, 0) is 87.4 Å². The summed E-state index contributed by atoms with van der Waals surface area (Å²) in [5.74, 6) is -0.574. The number of amides is 4. The maximum Gasteiger partial charge on any atom is 0.409 e. The normalized spacial score (nSPS) is 15.2. The van der Waals surface area contributed by atoms with E-state index in [0.717, 1.165) is 50.4 Å². The third kappa shape index (κ3) is 14.7. The lowest BCUT2D eigenvalue weighted by molar-refractivity contribution is -0.144. The lowest BCUT2D eigenvalue weighted by atomic mass is 9.85. The van der Waals surface area contributed by atoms with E-state index in [1.54, 1.807) is 18.4 Å². The van der Waals surface area contributed by atoms with E-state index in [1.807, 2.05) is 106 Å². The van der Waals surface area contributed by atoms with Crippen LogP contribution in [0.25, 0.3) is 21.6 Å². The van der Waals surface area contributed by atoms with Crippen molar-refractivity contribution in [1.29, 1.82) is 0 Å². The predicted molar refractivity (Wildman–Crippen MR) is 286 cm³/mol. The highest BCUT2D eigenvalue weighted by Crippen LogP contribution is 2.35. The largest absolute Gasteiger partial charge is 0.492 e. The van der Waals surface area contributed by atoms with Crippen LogP contribution in [0.1, 0.15) is 79.6 Å². The van der Waals surface area contributed by atoms with E-state index >= 15 is 0 Å². The number of likely N-dealkylation sites (N-methyl/N-ethyl adjacent to an activating group) is 1. The minimum Gasteiger partial charge on any atom is -0.492 e. The van der Waals surface area contributed by atoms with E-state index in [1.165, 1.54) is 26.5 Å². The average molecular weight is 1010 g/mol. The van der Waals surface area contributed by atoms with Crippen LogP contribution in [-0.4, -0.2) is 102 Å². The molecule has 13 nitrogen and oxygen atoms in total. The van der Waals surface area contributed by atoms with E-state index in [2.05, 4.69) is 83.2 Å². The molecule has 2 heterocycles. The molecule has 382 valence electrons. The van der Waals surface area contributed by atoms with Crippen LogP contribution in [0.4, 0.5) is 4.79 Å². The Bertz CT molecular complexity index is 2790. The number of nitrogens with one attached hydrogen (secondary N) is 2. The van der Waals surface area contributed by atoms with Gasteiger partial charge < -0.3 is 39.8 Å². The molecular weight excluding hydrogens is 939 g/mol. The Hall–Kier alpha value is -7.13. The van der Waals surface area contributed by atoms with Crippen LogP contribution in [0.15, 0.2) is 139 Å². The van der Waals surface area contributed by atoms with Gasteiger partial charge in [0, 0.05) is 26.6 Å². The highest BCUT2D eigenvalue weighted by atomic mass is 32.1. The van der Waals surface area contributed by atoms with Crippen molar-refractivity contribution in [3.8, 4) is 16.2 Å². The van der Waals surface area contributed by atoms with Crippen LogP contribution in [0.2, 0.25) is 0 Å². The summed E-state index contributed by atoms with van der Waals surface area (Å²) in [5.41, 5.74) is 11.7. The fourth-order valence-corrected chi connectivity index (χ4v) is 9.60. The molecule has 73 heavy (non-hydrogen) atoms. The van der Waals surface area contributed by atoms with Crippen LogP contribution in [0, 0.1) is 12.3 Å². The van der Waals surface area contributed by atoms with E-state index in [9.17, 15) is 24.3 Å². The van der Waals surface area contributed by atoms with Gasteiger partial charge in [0.05, 0.1) is 35.3 Å². The number of carbonyl (C=O) groups excluding carboxylic acids is 4. The van der Waals surface area contributed by atoms with E-state index < -0.39 is 41.5 Å². The molecule has 0 bridgehead atoms. The van der Waals surface area contributed by atoms with Gasteiger partial charge >= 0.3 is 6.09 Å². The molecule has 1 aromatic heterocycles. The topological polar surface area (TPSA) is 160 Å². The summed E-state index contributed by atoms with van der Waals surface area (Å²) in [6.07, 6.45) is 0.155. The number of hydrogen-bond acceptors (Lipinski definition) is 10. The van der Waals surface area contributed by atoms with Crippen molar-refractivity contribution in [2.45, 2.75) is 85.2 Å². The molecule has 0 radical (unpaired) electrons. The number of aromatic nitrogens is 1. The summed E-state index contributed by atoms with van der Waals surface area (Å²) in [6.45, 7) is 10.6. The number of aliphatic hydroxyl groups excluding tert-OH is 1. The van der Waals surface area contributed by atoms with Crippen LogP contribution < -0.4 is 15.4 Å². The summed E-state index contributed by atoms with van der Waals surface area (Å²) in [5, 5.41) is 16.4. The number of thiazole rings is 1. The second kappa shape index (κ2) is 25.5. The lowest BCUT2D eigenvalue weighted by Gasteiger charge is -2.35. The quantitative estimate of drug-likeness (QED) is 0.0472. The maximum absolute atomic E-state index is 14.0. The molecule has 1 aliphatic heterocycles. The molecule has 5 aromatic carbocycles. The first-order valence-corrected chi connectivity index (χ1v) is 25.7. The predicted octanol–water partition coefficient (Wildman–Crippen LogP) is 9.50. The molecule has 6 aromatic rings. The summed E-state index contributed by atoms with van der Waals surface area (Å²) >= 11 is 1.57. The summed E-state index contributed by atoms with van der Waals surface area (Å²) in [4.78, 5) is 61.8. The molecule has 3 atom stereocenters. The molecule has 0 unspecified atom stereocenters. The number of likely N-dealkylation sites (tertiary alicyclic amines) is 1. The molecule has 0 aliphatic carbocycles. The number of hydrogen-bond donors (Lipinski definition) is 3. The molecule has 3 N–H and O–H groups in total. The Morgan fingerprint density at radius 1 is 0.822 bits per heavy atom. The van der Waals surface area contributed by atoms with Crippen LogP contribution in [-0.2, 0) is 43.4 Å². The maximum atomic E-state index is 14.0. The van der Waals surface area contributed by atoms with Gasteiger partial charge in [-0.1, -0.05) is 149 Å². The van der Waals surface area contributed by atoms with Crippen molar-refractivity contribution < 1.29 is 38.5 Å². The Morgan fingerprint density at radius 2 is 1.45 bits per heavy atom. The monoisotopic (exact) mass is 1010 g/mol. The van der Waals surface area contributed by atoms with Gasteiger partial charge in [-0.2, -0.15) is 0 Å². The SMILES string of the molecule is CC/C(=C(\c1ccccc1)c1ccc(OCCN(C)C(=O)OCc2ccc(CCOCC(=O)N[C@H](C(=O)N3C[C@H](O)C[C@H]3C(=O)NCc3ccc(-c4scnc4C)cc3)C(C)(C)C)cc2)cc1)c1ccccc1. The number of benzene rings is 5. The van der Waals surface area contributed by atoms with Gasteiger partial charge in [-0.3, -0.25) is 14.4 Å². The fourth-order valence-electron chi connectivity index (χ4n) is 8.79. The average Bonchev–Trinajstić information content (AvgIpc) is 4.02. The van der Waals surface area contributed by atoms with Gasteiger partial charge in [0.1, 0.15) is 37.7 Å². The molecule has 7 rings (SSSR count). The van der Waals surface area contributed by atoms with Gasteiger partial charge in [-0.15, -0.1) is 11.3 Å². The minimum absolute atomic E-state index is 0.0191. The zero-order valence-corrected chi connectivity index (χ0v) is 43.5. The smallest absolute Gasteiger partial charge is 0.409 e. The fraction of sp³-hybridized carbons (Fsp3) is 0.339. The van der Waals surface area contributed by atoms with Crippen molar-refractivity contribution >= 4 is 46.3 Å². The number of rotatable bonds is 21. The summed E-state index contributed by atoms with van der Waals surface area (Å²) < 4.78 is 17.3. The molecule has 4 amide bonds. The van der Waals surface area contributed by atoms with Crippen LogP contribution >= 0.6 is 11.3 Å². The van der Waals surface area contributed by atoms with Gasteiger partial charge in [0.15, 0.2) is 0 Å². The first-order chi connectivity index (χ1) is 35.2. The van der Waals surface area contributed by atoms with Crippen LogP contribution in [0.3, 0.4) is 0 Å². The molecule has 14 heteroatoms. The first-order valence-electron chi connectivity index (χ1n) is 24.8. The van der Waals surface area contributed by atoms with E-state index in [0.29, 0.717) is 25.3 Å². The Labute approximate surface area is 433 Å². The van der Waals surface area contributed by atoms with E-state index in [-0.39, 0.29) is 45.2 Å². The van der Waals surface area contributed by atoms with Crippen LogP contribution in [0.5, 0.6) is 5.75 Å². The minimum atomic E-state index is -0.970. The number of aliphatic hydroxyl groups is 1. The number of allylic oxidation sites excluding steroid dienone is 1. The third-order valence-electron chi connectivity index (χ3n) is 12.9. The zero-order chi connectivity index (χ0) is 51.9. The number of nitrogens with zero attached hydrogens (tertiary/aromatic N) is 3. The van der Waals surface area contributed by atoms with Crippen molar-refractivity contribution in [2.24, 2.45) is 5.41 Å². The molecule has 0 spiro atoms. The second-order valence-corrected chi connectivity index (χ2v) is 20.2. The van der Waals surface area contributed by atoms with Gasteiger partial charge in [0.2, 0.25) is 17.7 Å². The standard InChI is InChI=1S/C59H67N5O8S/c1-7-50(44-14-10-8-11-15-44)53(45-16-12-9-13-17-45)46-26-28-49(29-27-46)71-33-31-63(6)58(69)72-37-43-20-18-41(19-21-43)30-32-70-38-52(66)62-55(59(3,4)5)57(68)64-36-48(65)34-51(64)56(67)60-35-42-22-24-47(25-23-42)54-40(2)61-39-73-54/h8-29,39,48,51,55,65H,7,30-38H2,1-6H3,(H,60,67)(H,62,66)/b53-50-/t48-,51+,55-/m1/s1.